The monoisotopic (exact) mass is 473 g/mol. The molecule has 0 amide bonds. The Morgan fingerprint density at radius 2 is 1.37 bits per heavy atom. The number of nitrogens with one attached hydrogen (secondary N) is 1. The summed E-state index contributed by atoms with van der Waals surface area (Å²) in [6.07, 6.45) is 0. The highest BCUT2D eigenvalue weighted by Crippen LogP contribution is 2.57. The van der Waals surface area contributed by atoms with E-state index in [0.717, 1.165) is 11.0 Å². The van der Waals surface area contributed by atoms with E-state index in [-0.39, 0.29) is 22.2 Å². The maximum atomic E-state index is 7.01. The van der Waals surface area contributed by atoms with Crippen LogP contribution in [0.15, 0.2) is 22.7 Å². The van der Waals surface area contributed by atoms with Gasteiger partial charge in [-0.15, -0.1) is 0 Å². The predicted molar refractivity (Wildman–Crippen MR) is 138 cm³/mol. The molecule has 1 aromatic rings. The zero-order valence-electron chi connectivity index (χ0n) is 21.1. The molecule has 1 atom stereocenters. The first-order valence-corrected chi connectivity index (χ1v) is 13.5. The fourth-order valence-corrected chi connectivity index (χ4v) is 6.28. The van der Waals surface area contributed by atoms with Gasteiger partial charge in [0.1, 0.15) is 7.43 Å². The molecule has 172 valence electrons. The number of ether oxygens (including phenoxy) is 1. The first kappa shape index (κ1) is 27.6. The molecule has 0 saturated heterocycles. The van der Waals surface area contributed by atoms with Gasteiger partial charge in [-0.3, -0.25) is 0 Å². The summed E-state index contributed by atoms with van der Waals surface area (Å²) in [6, 6.07) is 4.70. The Kier molecular flexibility index (Phi) is 9.21. The Hall–Kier alpha value is -0.430. The second-order valence-corrected chi connectivity index (χ2v) is 14.0. The Balaban J connectivity index is 3.77. The van der Waals surface area contributed by atoms with E-state index in [1.165, 1.54) is 16.7 Å². The van der Waals surface area contributed by atoms with Gasteiger partial charge in [0, 0.05) is 11.0 Å². The third-order valence-corrected chi connectivity index (χ3v) is 7.87. The number of rotatable bonds is 6. The maximum absolute atomic E-state index is 7.01. The van der Waals surface area contributed by atoms with Crippen LogP contribution in [0.3, 0.4) is 0 Å². The van der Waals surface area contributed by atoms with Crippen molar-refractivity contribution in [3.63, 3.8) is 0 Å². The van der Waals surface area contributed by atoms with E-state index < -0.39 is 7.43 Å². The van der Waals surface area contributed by atoms with Crippen LogP contribution in [0.25, 0.3) is 0 Å². The predicted octanol–water partition coefficient (Wildman–Crippen LogP) is 9.64. The fourth-order valence-electron chi connectivity index (χ4n) is 3.27. The van der Waals surface area contributed by atoms with Gasteiger partial charge in [-0.2, -0.15) is 0 Å². The van der Waals surface area contributed by atoms with E-state index in [4.69, 9.17) is 27.6 Å². The minimum Gasteiger partial charge on any atom is -0.483 e. The van der Waals surface area contributed by atoms with Gasteiger partial charge in [0.05, 0.1) is 6.61 Å². The van der Waals surface area contributed by atoms with Crippen molar-refractivity contribution in [2.75, 3.05) is 11.7 Å². The van der Waals surface area contributed by atoms with Gasteiger partial charge in [-0.25, -0.2) is 0 Å². The zero-order valence-corrected chi connectivity index (χ0v) is 23.5. The minimum absolute atomic E-state index is 0.0396. The first-order chi connectivity index (χ1) is 13.4. The summed E-state index contributed by atoms with van der Waals surface area (Å²) in [7, 11) is -1.23. The highest BCUT2D eigenvalue weighted by molar-refractivity contribution is 7.88. The van der Waals surface area contributed by atoms with Crippen LogP contribution in [0.2, 0.25) is 0 Å². The molecular weight excluding hydrogens is 432 g/mol. The van der Waals surface area contributed by atoms with E-state index in [1.807, 2.05) is 6.92 Å². The molecule has 0 aliphatic carbocycles. The van der Waals surface area contributed by atoms with Crippen molar-refractivity contribution in [2.24, 2.45) is 5.92 Å². The smallest absolute Gasteiger partial charge is 0.193 e. The summed E-state index contributed by atoms with van der Waals surface area (Å²) in [5, 5.41) is 5.06. The van der Waals surface area contributed by atoms with Gasteiger partial charge in [-0.1, -0.05) is 99.5 Å². The van der Waals surface area contributed by atoms with Crippen LogP contribution in [0, 0.1) is 5.92 Å². The van der Waals surface area contributed by atoms with Crippen LogP contribution in [-0.4, -0.2) is 6.61 Å². The second kappa shape index (κ2) is 10.0. The van der Waals surface area contributed by atoms with E-state index in [0.29, 0.717) is 11.8 Å². The van der Waals surface area contributed by atoms with E-state index in [2.05, 4.69) is 93.4 Å². The van der Waals surface area contributed by atoms with Crippen LogP contribution in [-0.2, 0) is 21.0 Å². The third-order valence-electron chi connectivity index (χ3n) is 5.06. The summed E-state index contributed by atoms with van der Waals surface area (Å²) in [6.45, 7) is 27.0. The minimum atomic E-state index is -1.23. The number of benzene rings is 1. The molecule has 2 nitrogen and oxygen atoms in total. The van der Waals surface area contributed by atoms with Crippen molar-refractivity contribution >= 4 is 36.0 Å². The van der Waals surface area contributed by atoms with Crippen molar-refractivity contribution in [3.8, 4) is 0 Å². The average molecular weight is 474 g/mol. The van der Waals surface area contributed by atoms with E-state index in [1.54, 1.807) is 0 Å². The molecule has 0 spiro atoms. The lowest BCUT2D eigenvalue weighted by atomic mass is 9.74. The Morgan fingerprint density at radius 1 is 0.933 bits per heavy atom. The standard InChI is InChI=1S/C25H42Cl2NOP/c1-13-29-22(26)21(16(2)3)30(27)28-20-18(24(7,8)9)14-17(23(4,5)6)15-19(20)25(10,11)12/h14-16,28H,13H2,1-12H3/b22-21+. The largest absolute Gasteiger partial charge is 0.483 e. The molecule has 0 aliphatic rings. The quantitative estimate of drug-likeness (QED) is 0.327. The molecule has 1 rings (SSSR count). The topological polar surface area (TPSA) is 21.3 Å². The van der Waals surface area contributed by atoms with Crippen molar-refractivity contribution < 1.29 is 4.74 Å². The molecule has 0 bridgehead atoms. The molecule has 0 heterocycles. The van der Waals surface area contributed by atoms with E-state index >= 15 is 0 Å². The summed E-state index contributed by atoms with van der Waals surface area (Å²) in [4.78, 5) is 0. The number of hydrogen-bond donors (Lipinski definition) is 1. The van der Waals surface area contributed by atoms with Crippen LogP contribution in [0.4, 0.5) is 5.69 Å². The molecule has 0 saturated carbocycles. The Bertz CT molecular complexity index is 730. The second-order valence-electron chi connectivity index (χ2n) is 11.3. The number of halogens is 2. The Labute approximate surface area is 196 Å². The van der Waals surface area contributed by atoms with Gasteiger partial charge in [0.15, 0.2) is 5.22 Å². The molecule has 5 heteroatoms. The SMILES string of the molecule is CCO/C(Cl)=C(\C(C)C)P(Cl)Nc1c(C(C)(C)C)cc(C(C)(C)C)cc1C(C)(C)C. The summed E-state index contributed by atoms with van der Waals surface area (Å²) >= 11 is 13.5. The molecule has 30 heavy (non-hydrogen) atoms. The molecule has 1 N–H and O–H groups in total. The number of hydrogen-bond acceptors (Lipinski definition) is 2. The van der Waals surface area contributed by atoms with Crippen molar-refractivity contribution in [1.29, 1.82) is 0 Å². The zero-order chi connectivity index (χ0) is 23.7. The van der Waals surface area contributed by atoms with Gasteiger partial charge < -0.3 is 9.82 Å². The van der Waals surface area contributed by atoms with Crippen LogP contribution in [0.5, 0.6) is 0 Å². The highest BCUT2D eigenvalue weighted by Gasteiger charge is 2.31. The van der Waals surface area contributed by atoms with Gasteiger partial charge in [0.2, 0.25) is 0 Å². The van der Waals surface area contributed by atoms with Gasteiger partial charge >= 0.3 is 0 Å². The summed E-state index contributed by atoms with van der Waals surface area (Å²) in [5.74, 6) is 0.185. The van der Waals surface area contributed by atoms with Crippen molar-refractivity contribution in [1.82, 2.24) is 0 Å². The molecule has 0 fully saturated rings. The van der Waals surface area contributed by atoms with Gasteiger partial charge in [0.25, 0.3) is 0 Å². The summed E-state index contributed by atoms with van der Waals surface area (Å²) in [5.41, 5.74) is 5.01. The number of anilines is 1. The number of allylic oxidation sites excluding steroid dienone is 1. The molecule has 0 radical (unpaired) electrons. The summed E-state index contributed by atoms with van der Waals surface area (Å²) < 4.78 is 5.62. The molecule has 1 aromatic carbocycles. The van der Waals surface area contributed by atoms with Crippen LogP contribution in [0.1, 0.15) is 99.8 Å². The Morgan fingerprint density at radius 3 is 1.67 bits per heavy atom. The van der Waals surface area contributed by atoms with Crippen molar-refractivity contribution in [3.05, 3.63) is 39.4 Å². The highest BCUT2D eigenvalue weighted by atomic mass is 35.7. The lowest BCUT2D eigenvalue weighted by Gasteiger charge is -2.35. The molecule has 0 aliphatic heterocycles. The third kappa shape index (κ3) is 7.04. The molecule has 0 aromatic heterocycles. The van der Waals surface area contributed by atoms with Crippen molar-refractivity contribution in [2.45, 2.75) is 99.3 Å². The first-order valence-electron chi connectivity index (χ1n) is 10.9. The lowest BCUT2D eigenvalue weighted by molar-refractivity contribution is 0.251. The fraction of sp³-hybridized carbons (Fsp3) is 0.680. The average Bonchev–Trinajstić information content (AvgIpc) is 2.51. The van der Waals surface area contributed by atoms with Gasteiger partial charge in [-0.05, 0) is 57.4 Å². The van der Waals surface area contributed by atoms with Crippen LogP contribution < -0.4 is 5.09 Å². The molecule has 1 unspecified atom stereocenters. The van der Waals surface area contributed by atoms with Crippen LogP contribution >= 0.6 is 30.3 Å². The lowest BCUT2D eigenvalue weighted by Crippen LogP contribution is -2.23. The molecular formula is C25H42Cl2NOP. The normalized spacial score (nSPS) is 15.2. The maximum Gasteiger partial charge on any atom is 0.193 e. The van der Waals surface area contributed by atoms with E-state index in [9.17, 15) is 0 Å².